The first-order valence-electron chi connectivity index (χ1n) is 5.96. The number of carboxylic acids is 1. The summed E-state index contributed by atoms with van der Waals surface area (Å²) < 4.78 is 0. The third kappa shape index (κ3) is 7.91. The van der Waals surface area contributed by atoms with Gasteiger partial charge in [-0.3, -0.25) is 9.69 Å². The summed E-state index contributed by atoms with van der Waals surface area (Å²) >= 11 is 3.94. The van der Waals surface area contributed by atoms with Crippen molar-refractivity contribution in [3.8, 4) is 0 Å². The average Bonchev–Trinajstić information content (AvgIpc) is 2.26. The fourth-order valence-corrected chi connectivity index (χ4v) is 3.80. The lowest BCUT2D eigenvalue weighted by Crippen LogP contribution is -2.38. The van der Waals surface area contributed by atoms with E-state index in [0.29, 0.717) is 0 Å². The second kappa shape index (κ2) is 9.08. The van der Waals surface area contributed by atoms with Gasteiger partial charge in [0.05, 0.1) is 6.54 Å². The van der Waals surface area contributed by atoms with E-state index < -0.39 is 5.97 Å². The van der Waals surface area contributed by atoms with Crippen molar-refractivity contribution in [3.63, 3.8) is 0 Å². The Labute approximate surface area is 112 Å². The van der Waals surface area contributed by atoms with Gasteiger partial charge in [-0.2, -0.15) is 23.5 Å². The molecule has 0 bridgehead atoms. The zero-order valence-electron chi connectivity index (χ0n) is 10.4. The summed E-state index contributed by atoms with van der Waals surface area (Å²) in [6, 6.07) is 0. The first-order chi connectivity index (χ1) is 8.18. The molecule has 0 radical (unpaired) electrons. The third-order valence-corrected chi connectivity index (χ3v) is 4.88. The fraction of sp³-hybridized carbons (Fsp3) is 0.909. The van der Waals surface area contributed by atoms with Crippen LogP contribution in [0.3, 0.4) is 0 Å². The zero-order chi connectivity index (χ0) is 12.5. The second-order valence-electron chi connectivity index (χ2n) is 4.20. The third-order valence-electron chi connectivity index (χ3n) is 2.70. The van der Waals surface area contributed by atoms with Crippen molar-refractivity contribution >= 4 is 29.5 Å². The Balaban J connectivity index is 2.37. The number of nitrogens with zero attached hydrogens (tertiary/aromatic N) is 2. The minimum absolute atomic E-state index is 0.170. The molecular weight excluding hydrogens is 256 g/mol. The molecule has 1 rings (SSSR count). The number of thioether (sulfide) groups is 2. The summed E-state index contributed by atoms with van der Waals surface area (Å²) in [4.78, 5) is 15.1. The molecule has 0 spiro atoms. The molecule has 6 heteroatoms. The molecule has 0 aromatic carbocycles. The van der Waals surface area contributed by atoms with Crippen LogP contribution in [0.4, 0.5) is 0 Å². The van der Waals surface area contributed by atoms with Crippen LogP contribution in [-0.2, 0) is 4.79 Å². The van der Waals surface area contributed by atoms with Crippen molar-refractivity contribution in [2.24, 2.45) is 0 Å². The molecule has 1 aliphatic rings. The smallest absolute Gasteiger partial charge is 0.317 e. The van der Waals surface area contributed by atoms with Crippen LogP contribution in [0.2, 0.25) is 0 Å². The maximum Gasteiger partial charge on any atom is 0.317 e. The van der Waals surface area contributed by atoms with E-state index in [2.05, 4.69) is 11.9 Å². The highest BCUT2D eigenvalue weighted by atomic mass is 32.2. The van der Waals surface area contributed by atoms with E-state index in [9.17, 15) is 4.79 Å². The van der Waals surface area contributed by atoms with Gasteiger partial charge in [0.1, 0.15) is 0 Å². The lowest BCUT2D eigenvalue weighted by atomic mass is 10.4. The molecule has 1 aliphatic heterocycles. The molecule has 1 saturated heterocycles. The van der Waals surface area contributed by atoms with Crippen LogP contribution in [0.25, 0.3) is 0 Å². The highest BCUT2D eigenvalue weighted by molar-refractivity contribution is 8.02. The lowest BCUT2D eigenvalue weighted by Gasteiger charge is -2.24. The van der Waals surface area contributed by atoms with Crippen molar-refractivity contribution in [2.75, 3.05) is 62.8 Å². The number of hydrogen-bond donors (Lipinski definition) is 1. The Morgan fingerprint density at radius 2 is 1.71 bits per heavy atom. The van der Waals surface area contributed by atoms with Crippen LogP contribution in [0, 0.1) is 0 Å². The highest BCUT2D eigenvalue weighted by Crippen LogP contribution is 2.09. The zero-order valence-corrected chi connectivity index (χ0v) is 12.1. The Bertz CT molecular complexity index is 230. The van der Waals surface area contributed by atoms with Crippen molar-refractivity contribution in [1.82, 2.24) is 9.80 Å². The summed E-state index contributed by atoms with van der Waals surface area (Å²) in [6.45, 7) is 3.96. The second-order valence-corrected chi connectivity index (χ2v) is 6.65. The summed E-state index contributed by atoms with van der Waals surface area (Å²) in [7, 11) is 2.11. The van der Waals surface area contributed by atoms with Gasteiger partial charge in [0.15, 0.2) is 0 Å². The topological polar surface area (TPSA) is 43.8 Å². The van der Waals surface area contributed by atoms with Crippen molar-refractivity contribution in [1.29, 1.82) is 0 Å². The van der Waals surface area contributed by atoms with Gasteiger partial charge in [-0.05, 0) is 7.05 Å². The number of likely N-dealkylation sites (N-methyl/N-ethyl adjacent to an activating group) is 1. The predicted octanol–water partition coefficient (Wildman–Crippen LogP) is 0.785. The predicted molar refractivity (Wildman–Crippen MR) is 76.2 cm³/mol. The normalized spacial score (nSPS) is 22.6. The molecule has 1 heterocycles. The van der Waals surface area contributed by atoms with Crippen molar-refractivity contribution in [2.45, 2.75) is 0 Å². The van der Waals surface area contributed by atoms with Gasteiger partial charge in [0.2, 0.25) is 0 Å². The molecule has 100 valence electrons. The van der Waals surface area contributed by atoms with Crippen LogP contribution >= 0.6 is 23.5 Å². The molecule has 4 nitrogen and oxygen atoms in total. The first-order valence-corrected chi connectivity index (χ1v) is 8.27. The molecule has 17 heavy (non-hydrogen) atoms. The Morgan fingerprint density at radius 3 is 2.35 bits per heavy atom. The van der Waals surface area contributed by atoms with Crippen LogP contribution in [-0.4, -0.2) is 83.7 Å². The molecular formula is C11H22N2O2S2. The summed E-state index contributed by atoms with van der Waals surface area (Å²) in [6.07, 6.45) is 0. The highest BCUT2D eigenvalue weighted by Gasteiger charge is 2.11. The number of aliphatic carboxylic acids is 1. The van der Waals surface area contributed by atoms with Crippen LogP contribution in [0.15, 0.2) is 0 Å². The Kier molecular flexibility index (Phi) is 8.09. The van der Waals surface area contributed by atoms with Crippen molar-refractivity contribution in [3.05, 3.63) is 0 Å². The molecule has 0 aromatic heterocycles. The quantitative estimate of drug-likeness (QED) is 0.805. The van der Waals surface area contributed by atoms with Gasteiger partial charge in [-0.1, -0.05) is 0 Å². The van der Waals surface area contributed by atoms with E-state index in [1.54, 1.807) is 0 Å². The standard InChI is InChI=1S/C11H22N2O2S2/c1-12-2-3-13(10-11(14)15)5-7-17-9-8-16-6-4-12/h2-10H2,1H3,(H,14,15). The van der Waals surface area contributed by atoms with Gasteiger partial charge >= 0.3 is 5.97 Å². The fourth-order valence-electron chi connectivity index (χ4n) is 1.62. The number of rotatable bonds is 2. The van der Waals surface area contributed by atoms with E-state index in [-0.39, 0.29) is 6.54 Å². The van der Waals surface area contributed by atoms with E-state index in [1.165, 1.54) is 17.3 Å². The van der Waals surface area contributed by atoms with Crippen molar-refractivity contribution < 1.29 is 9.90 Å². The van der Waals surface area contributed by atoms with E-state index >= 15 is 0 Å². The van der Waals surface area contributed by atoms with E-state index in [1.807, 2.05) is 28.4 Å². The average molecular weight is 278 g/mol. The number of carbonyl (C=O) groups is 1. The van der Waals surface area contributed by atoms with Crippen LogP contribution in [0.5, 0.6) is 0 Å². The SMILES string of the molecule is CN1CCSCCSCCN(CC(=O)O)CC1. The molecule has 0 amide bonds. The molecule has 0 aliphatic carbocycles. The van der Waals surface area contributed by atoms with Gasteiger partial charge < -0.3 is 10.0 Å². The molecule has 0 aromatic rings. The maximum absolute atomic E-state index is 10.8. The van der Waals surface area contributed by atoms with Gasteiger partial charge in [-0.15, -0.1) is 0 Å². The minimum Gasteiger partial charge on any atom is -0.480 e. The molecule has 1 fully saturated rings. The van der Waals surface area contributed by atoms with E-state index in [0.717, 1.165) is 31.9 Å². The Hall–Kier alpha value is 0.0900. The minimum atomic E-state index is -0.722. The molecule has 0 atom stereocenters. The summed E-state index contributed by atoms with van der Waals surface area (Å²) in [5.41, 5.74) is 0. The van der Waals surface area contributed by atoms with Gasteiger partial charge in [-0.25, -0.2) is 0 Å². The molecule has 0 saturated carbocycles. The summed E-state index contributed by atoms with van der Waals surface area (Å²) in [5.74, 6) is 3.88. The van der Waals surface area contributed by atoms with Gasteiger partial charge in [0.25, 0.3) is 0 Å². The molecule has 0 unspecified atom stereocenters. The largest absolute Gasteiger partial charge is 0.480 e. The summed E-state index contributed by atoms with van der Waals surface area (Å²) in [5, 5.41) is 8.85. The maximum atomic E-state index is 10.8. The van der Waals surface area contributed by atoms with E-state index in [4.69, 9.17) is 5.11 Å². The monoisotopic (exact) mass is 278 g/mol. The number of carboxylic acid groups (broad SMARTS) is 1. The number of hydrogen-bond acceptors (Lipinski definition) is 5. The first kappa shape index (κ1) is 15.1. The Morgan fingerprint density at radius 1 is 1.06 bits per heavy atom. The molecule has 1 N–H and O–H groups in total. The van der Waals surface area contributed by atoms with Crippen LogP contribution in [0.1, 0.15) is 0 Å². The lowest BCUT2D eigenvalue weighted by molar-refractivity contribution is -0.138. The van der Waals surface area contributed by atoms with Crippen LogP contribution < -0.4 is 0 Å². The van der Waals surface area contributed by atoms with Gasteiger partial charge in [0, 0.05) is 49.2 Å².